The number of aldehydes is 1. The molecule has 0 bridgehead atoms. The molecular weight excluding hydrogens is 160 g/mol. The molecule has 0 saturated carbocycles. The maximum atomic E-state index is 10.3. The third-order valence-corrected chi connectivity index (χ3v) is 1.49. The molecule has 0 aliphatic rings. The summed E-state index contributed by atoms with van der Waals surface area (Å²) >= 11 is 1.56. The molecule has 0 rings (SSSR count). The van der Waals surface area contributed by atoms with Crippen LogP contribution in [0.1, 0.15) is 6.92 Å². The van der Waals surface area contributed by atoms with Crippen molar-refractivity contribution in [3.63, 3.8) is 0 Å². The van der Waals surface area contributed by atoms with Crippen LogP contribution in [-0.4, -0.2) is 24.3 Å². The molecule has 0 spiro atoms. The summed E-state index contributed by atoms with van der Waals surface area (Å²) in [7, 11) is 0. The molecule has 0 amide bonds. The number of amidine groups is 1. The molecular formula is C7H12N2OS. The van der Waals surface area contributed by atoms with E-state index in [1.807, 2.05) is 6.26 Å². The van der Waals surface area contributed by atoms with Gasteiger partial charge in [-0.2, -0.15) is 0 Å². The van der Waals surface area contributed by atoms with Crippen LogP contribution in [0.3, 0.4) is 0 Å². The maximum absolute atomic E-state index is 10.3. The zero-order valence-corrected chi connectivity index (χ0v) is 7.52. The second-order valence-corrected chi connectivity index (χ2v) is 2.66. The fraction of sp³-hybridized carbons (Fsp3) is 0.429. The third kappa shape index (κ3) is 3.83. The summed E-state index contributed by atoms with van der Waals surface area (Å²) in [5.74, 6) is 0.911. The summed E-state index contributed by atoms with van der Waals surface area (Å²) in [4.78, 5) is 14.2. The molecule has 11 heavy (non-hydrogen) atoms. The van der Waals surface area contributed by atoms with Gasteiger partial charge in [0.1, 0.15) is 5.84 Å². The van der Waals surface area contributed by atoms with Crippen molar-refractivity contribution in [2.24, 2.45) is 10.7 Å². The van der Waals surface area contributed by atoms with Gasteiger partial charge < -0.3 is 5.73 Å². The highest BCUT2D eigenvalue weighted by Gasteiger charge is 1.96. The standard InChI is InChI=1S/C7H12N2OS/c1-3-6(4-10)7(8)9-5-11-2/h3-4H,5H2,1-2H3,(H2,8,9)/b6-3-. The summed E-state index contributed by atoms with van der Waals surface area (Å²) in [6.07, 6.45) is 4.28. The number of thioether (sulfide) groups is 1. The number of allylic oxidation sites excluding steroid dienone is 1. The monoisotopic (exact) mass is 172 g/mol. The van der Waals surface area contributed by atoms with Crippen LogP contribution >= 0.6 is 11.8 Å². The van der Waals surface area contributed by atoms with Gasteiger partial charge in [0.25, 0.3) is 0 Å². The van der Waals surface area contributed by atoms with Crippen LogP contribution in [0.5, 0.6) is 0 Å². The topological polar surface area (TPSA) is 55.5 Å². The zero-order valence-electron chi connectivity index (χ0n) is 6.70. The lowest BCUT2D eigenvalue weighted by molar-refractivity contribution is -0.104. The Balaban J connectivity index is 4.20. The molecule has 0 aliphatic heterocycles. The number of hydrogen-bond acceptors (Lipinski definition) is 3. The second-order valence-electron chi connectivity index (χ2n) is 1.82. The number of aliphatic imine (C=N–C) groups is 1. The van der Waals surface area contributed by atoms with Gasteiger partial charge in [0, 0.05) is 0 Å². The van der Waals surface area contributed by atoms with E-state index in [9.17, 15) is 4.79 Å². The van der Waals surface area contributed by atoms with Crippen molar-refractivity contribution in [3.05, 3.63) is 11.6 Å². The van der Waals surface area contributed by atoms with Gasteiger partial charge in [0.05, 0.1) is 11.4 Å². The molecule has 4 heteroatoms. The van der Waals surface area contributed by atoms with E-state index in [-0.39, 0.29) is 0 Å². The van der Waals surface area contributed by atoms with E-state index < -0.39 is 0 Å². The van der Waals surface area contributed by atoms with Gasteiger partial charge >= 0.3 is 0 Å². The van der Waals surface area contributed by atoms with Crippen molar-refractivity contribution in [2.45, 2.75) is 6.92 Å². The number of rotatable bonds is 4. The fourth-order valence-corrected chi connectivity index (χ4v) is 0.770. The Morgan fingerprint density at radius 3 is 2.73 bits per heavy atom. The third-order valence-electron chi connectivity index (χ3n) is 1.10. The van der Waals surface area contributed by atoms with Gasteiger partial charge in [0.15, 0.2) is 6.29 Å². The van der Waals surface area contributed by atoms with Crippen LogP contribution in [0.2, 0.25) is 0 Å². The molecule has 0 aromatic rings. The highest BCUT2D eigenvalue weighted by molar-refractivity contribution is 7.98. The average molecular weight is 172 g/mol. The van der Waals surface area contributed by atoms with E-state index in [4.69, 9.17) is 5.73 Å². The first-order valence-corrected chi connectivity index (χ1v) is 4.56. The summed E-state index contributed by atoms with van der Waals surface area (Å²) < 4.78 is 0. The molecule has 0 aromatic heterocycles. The van der Waals surface area contributed by atoms with Crippen LogP contribution in [0, 0.1) is 0 Å². The van der Waals surface area contributed by atoms with Gasteiger partial charge in [-0.1, -0.05) is 6.08 Å². The largest absolute Gasteiger partial charge is 0.383 e. The van der Waals surface area contributed by atoms with Gasteiger partial charge in [-0.25, -0.2) is 0 Å². The van der Waals surface area contributed by atoms with Crippen molar-refractivity contribution in [1.82, 2.24) is 0 Å². The smallest absolute Gasteiger partial charge is 0.153 e. The predicted octanol–water partition coefficient (Wildman–Crippen LogP) is 0.809. The minimum atomic E-state index is 0.317. The molecule has 62 valence electrons. The van der Waals surface area contributed by atoms with E-state index in [1.165, 1.54) is 0 Å². The average Bonchev–Trinajstić information content (AvgIpc) is 2.03. The summed E-state index contributed by atoms with van der Waals surface area (Å²) in [5, 5.41) is 0. The van der Waals surface area contributed by atoms with E-state index >= 15 is 0 Å². The minimum absolute atomic E-state index is 0.317. The Morgan fingerprint density at radius 1 is 1.73 bits per heavy atom. The summed E-state index contributed by atoms with van der Waals surface area (Å²) in [6, 6.07) is 0. The van der Waals surface area contributed by atoms with Gasteiger partial charge in [-0.3, -0.25) is 9.79 Å². The van der Waals surface area contributed by atoms with Gasteiger partial charge in [-0.15, -0.1) is 11.8 Å². The van der Waals surface area contributed by atoms with Crippen LogP contribution in [0.15, 0.2) is 16.6 Å². The number of carbonyl (C=O) groups is 1. The van der Waals surface area contributed by atoms with Crippen LogP contribution < -0.4 is 5.73 Å². The predicted molar refractivity (Wildman–Crippen MR) is 49.8 cm³/mol. The van der Waals surface area contributed by atoms with Crippen molar-refractivity contribution in [1.29, 1.82) is 0 Å². The Morgan fingerprint density at radius 2 is 2.36 bits per heavy atom. The molecule has 0 radical (unpaired) electrons. The van der Waals surface area contributed by atoms with Crippen molar-refractivity contribution in [2.75, 3.05) is 12.1 Å². The number of carbonyl (C=O) groups excluding carboxylic acids is 1. The lowest BCUT2D eigenvalue weighted by Gasteiger charge is -1.96. The molecule has 0 aliphatic carbocycles. The Hall–Kier alpha value is -0.770. The zero-order chi connectivity index (χ0) is 8.69. The first-order chi connectivity index (χ1) is 5.26. The molecule has 0 aromatic carbocycles. The van der Waals surface area contributed by atoms with E-state index in [0.717, 1.165) is 0 Å². The van der Waals surface area contributed by atoms with E-state index in [2.05, 4.69) is 4.99 Å². The Bertz CT molecular complexity index is 187. The highest BCUT2D eigenvalue weighted by atomic mass is 32.2. The molecule has 3 nitrogen and oxygen atoms in total. The van der Waals surface area contributed by atoms with Crippen LogP contribution in [0.25, 0.3) is 0 Å². The van der Waals surface area contributed by atoms with E-state index in [0.29, 0.717) is 23.6 Å². The van der Waals surface area contributed by atoms with Gasteiger partial charge in [-0.05, 0) is 13.2 Å². The van der Waals surface area contributed by atoms with Crippen molar-refractivity contribution >= 4 is 23.9 Å². The SMILES string of the molecule is C/C=C(C=O)\C(N)=N/CSC. The van der Waals surface area contributed by atoms with Crippen molar-refractivity contribution in [3.8, 4) is 0 Å². The number of nitrogens with two attached hydrogens (primary N) is 1. The van der Waals surface area contributed by atoms with Crippen molar-refractivity contribution < 1.29 is 4.79 Å². The normalized spacial score (nSPS) is 13.3. The van der Waals surface area contributed by atoms with Crippen LogP contribution in [0.4, 0.5) is 0 Å². The molecule has 2 N–H and O–H groups in total. The highest BCUT2D eigenvalue weighted by Crippen LogP contribution is 1.95. The summed E-state index contributed by atoms with van der Waals surface area (Å²) in [6.45, 7) is 1.76. The quantitative estimate of drug-likeness (QED) is 0.295. The van der Waals surface area contributed by atoms with Crippen LogP contribution in [-0.2, 0) is 4.79 Å². The van der Waals surface area contributed by atoms with E-state index in [1.54, 1.807) is 24.8 Å². The Kier molecular flexibility index (Phi) is 5.56. The lowest BCUT2D eigenvalue weighted by atomic mass is 10.2. The molecule has 0 saturated heterocycles. The molecule has 0 fully saturated rings. The van der Waals surface area contributed by atoms with Gasteiger partial charge in [0.2, 0.25) is 0 Å². The second kappa shape index (κ2) is 5.97. The maximum Gasteiger partial charge on any atom is 0.153 e. The summed E-state index contributed by atoms with van der Waals surface area (Å²) in [5.41, 5.74) is 5.92. The molecule has 0 atom stereocenters. The molecule has 0 unspecified atom stereocenters. The first-order valence-electron chi connectivity index (χ1n) is 3.17. The Labute approximate surface area is 70.8 Å². The number of nitrogens with zero attached hydrogens (tertiary/aromatic N) is 1. The first kappa shape index (κ1) is 10.2. The minimum Gasteiger partial charge on any atom is -0.383 e. The molecule has 0 heterocycles. The number of hydrogen-bond donors (Lipinski definition) is 1. The fourth-order valence-electron chi connectivity index (χ4n) is 0.502. The lowest BCUT2D eigenvalue weighted by Crippen LogP contribution is -2.15.